The zero-order valence-electron chi connectivity index (χ0n) is 15.6. The van der Waals surface area contributed by atoms with Gasteiger partial charge in [-0.25, -0.2) is 17.5 Å². The van der Waals surface area contributed by atoms with Crippen molar-refractivity contribution in [2.75, 3.05) is 37.3 Å². The van der Waals surface area contributed by atoms with Crippen LogP contribution in [0.3, 0.4) is 0 Å². The third kappa shape index (κ3) is 3.20. The van der Waals surface area contributed by atoms with Crippen LogP contribution in [-0.4, -0.2) is 60.0 Å². The van der Waals surface area contributed by atoms with E-state index in [2.05, 4.69) is 10.00 Å². The third-order valence-electron chi connectivity index (χ3n) is 5.18. The van der Waals surface area contributed by atoms with Gasteiger partial charge in [0.25, 0.3) is 0 Å². The molecule has 148 valence electrons. The van der Waals surface area contributed by atoms with E-state index in [-0.39, 0.29) is 5.75 Å². The number of aryl methyl sites for hydroxylation is 1. The minimum atomic E-state index is -3.15. The van der Waals surface area contributed by atoms with Crippen LogP contribution in [0.25, 0.3) is 16.6 Å². The first-order valence-corrected chi connectivity index (χ1v) is 10.8. The monoisotopic (exact) mass is 404 g/mol. The quantitative estimate of drug-likeness (QED) is 0.725. The molecule has 9 heteroatoms. The largest absolute Gasteiger partial charge is 0.505 e. The number of hydrogen-bond acceptors (Lipinski definition) is 5. The lowest BCUT2D eigenvalue weighted by Crippen LogP contribution is -2.48. The fourth-order valence-corrected chi connectivity index (χ4v) is 4.44. The number of anilines is 1. The molecule has 0 radical (unpaired) electrons. The Hall–Kier alpha value is -2.65. The Morgan fingerprint density at radius 3 is 2.29 bits per heavy atom. The van der Waals surface area contributed by atoms with Crippen molar-refractivity contribution in [1.82, 2.24) is 14.1 Å². The Balaban J connectivity index is 1.60. The van der Waals surface area contributed by atoms with Gasteiger partial charge < -0.3 is 10.0 Å². The standard InChI is InChI=1S/C19H21FN4O3S/c1-13-18-14(11-17(20)19(13)25)12-21-24(18)16-5-3-15(4-6-16)22-7-9-23(10-8-22)28(2,26)27/h3-6,11-12,25H,7-10H2,1-2H3. The highest BCUT2D eigenvalue weighted by Gasteiger charge is 2.23. The summed E-state index contributed by atoms with van der Waals surface area (Å²) in [5.41, 5.74) is 2.89. The fourth-order valence-electron chi connectivity index (χ4n) is 3.62. The first-order valence-electron chi connectivity index (χ1n) is 8.92. The maximum Gasteiger partial charge on any atom is 0.211 e. The highest BCUT2D eigenvalue weighted by Crippen LogP contribution is 2.31. The SMILES string of the molecule is Cc1c(O)c(F)cc2cnn(-c3ccc(N4CCN(S(C)(=O)=O)CC4)cc3)c12. The Bertz CT molecular complexity index is 1130. The summed E-state index contributed by atoms with van der Waals surface area (Å²) in [4.78, 5) is 2.14. The van der Waals surface area contributed by atoms with Crippen LogP contribution in [0.1, 0.15) is 5.56 Å². The summed E-state index contributed by atoms with van der Waals surface area (Å²) in [5, 5.41) is 14.9. The lowest BCUT2D eigenvalue weighted by Gasteiger charge is -2.34. The van der Waals surface area contributed by atoms with Crippen LogP contribution in [0.4, 0.5) is 10.1 Å². The minimum Gasteiger partial charge on any atom is -0.505 e. The summed E-state index contributed by atoms with van der Waals surface area (Å²) in [6.07, 6.45) is 2.81. The number of aromatic nitrogens is 2. The molecule has 4 rings (SSSR count). The maximum absolute atomic E-state index is 13.7. The highest BCUT2D eigenvalue weighted by molar-refractivity contribution is 7.88. The molecule has 0 amide bonds. The number of fused-ring (bicyclic) bond motifs is 1. The summed E-state index contributed by atoms with van der Waals surface area (Å²) in [6, 6.07) is 9.00. The molecule has 2 aromatic carbocycles. The van der Waals surface area contributed by atoms with Gasteiger partial charge in [0.15, 0.2) is 11.6 Å². The zero-order chi connectivity index (χ0) is 20.1. The van der Waals surface area contributed by atoms with E-state index in [1.54, 1.807) is 17.8 Å². The first kappa shape index (κ1) is 18.7. The van der Waals surface area contributed by atoms with Gasteiger partial charge in [0.1, 0.15) is 0 Å². The summed E-state index contributed by atoms with van der Waals surface area (Å²) in [6.45, 7) is 3.85. The molecule has 1 saturated heterocycles. The highest BCUT2D eigenvalue weighted by atomic mass is 32.2. The topological polar surface area (TPSA) is 78.7 Å². The maximum atomic E-state index is 13.7. The molecule has 1 aromatic heterocycles. The molecule has 1 fully saturated rings. The second kappa shape index (κ2) is 6.75. The van der Waals surface area contributed by atoms with Crippen LogP contribution in [-0.2, 0) is 10.0 Å². The van der Waals surface area contributed by atoms with Gasteiger partial charge >= 0.3 is 0 Å². The molecule has 3 aromatic rings. The number of piperazine rings is 1. The normalized spacial score (nSPS) is 16.0. The molecule has 1 aliphatic heterocycles. The molecule has 0 spiro atoms. The predicted octanol–water partition coefficient (Wildman–Crippen LogP) is 2.26. The van der Waals surface area contributed by atoms with Crippen molar-refractivity contribution in [2.45, 2.75) is 6.92 Å². The van der Waals surface area contributed by atoms with Crippen molar-refractivity contribution in [3.05, 3.63) is 47.9 Å². The minimum absolute atomic E-state index is 0.366. The van der Waals surface area contributed by atoms with E-state index in [0.717, 1.165) is 11.4 Å². The van der Waals surface area contributed by atoms with Gasteiger partial charge in [-0.3, -0.25) is 0 Å². The van der Waals surface area contributed by atoms with Crippen LogP contribution in [0.2, 0.25) is 0 Å². The van der Waals surface area contributed by atoms with E-state index in [9.17, 15) is 17.9 Å². The van der Waals surface area contributed by atoms with Gasteiger partial charge in [-0.2, -0.15) is 9.40 Å². The lowest BCUT2D eigenvalue weighted by molar-refractivity contribution is 0.388. The van der Waals surface area contributed by atoms with Crippen LogP contribution in [0.15, 0.2) is 36.5 Å². The van der Waals surface area contributed by atoms with Gasteiger partial charge in [0.2, 0.25) is 10.0 Å². The molecule has 7 nitrogen and oxygen atoms in total. The van der Waals surface area contributed by atoms with Gasteiger partial charge in [-0.1, -0.05) is 0 Å². The van der Waals surface area contributed by atoms with Crippen molar-refractivity contribution in [3.63, 3.8) is 0 Å². The van der Waals surface area contributed by atoms with E-state index >= 15 is 0 Å². The predicted molar refractivity (Wildman–Crippen MR) is 106 cm³/mol. The first-order chi connectivity index (χ1) is 13.3. The number of aromatic hydroxyl groups is 1. The second-order valence-electron chi connectivity index (χ2n) is 6.99. The Kier molecular flexibility index (Phi) is 4.51. The Morgan fingerprint density at radius 2 is 1.68 bits per heavy atom. The number of hydrogen-bond donors (Lipinski definition) is 1. The number of rotatable bonds is 3. The number of halogens is 1. The molecule has 0 saturated carbocycles. The van der Waals surface area contributed by atoms with Crippen LogP contribution in [0.5, 0.6) is 5.75 Å². The van der Waals surface area contributed by atoms with Crippen LogP contribution in [0, 0.1) is 12.7 Å². The van der Waals surface area contributed by atoms with E-state index < -0.39 is 15.8 Å². The van der Waals surface area contributed by atoms with E-state index in [1.807, 2.05) is 24.3 Å². The molecule has 0 atom stereocenters. The molecule has 2 heterocycles. The number of phenols is 1. The molecule has 0 unspecified atom stereocenters. The van der Waals surface area contributed by atoms with Gasteiger partial charge in [-0.15, -0.1) is 0 Å². The summed E-state index contributed by atoms with van der Waals surface area (Å²) >= 11 is 0. The molecule has 0 aliphatic carbocycles. The van der Waals surface area contributed by atoms with Gasteiger partial charge in [-0.05, 0) is 37.3 Å². The van der Waals surface area contributed by atoms with Crippen molar-refractivity contribution < 1.29 is 17.9 Å². The summed E-state index contributed by atoms with van der Waals surface area (Å²) < 4.78 is 40.2. The molecule has 0 bridgehead atoms. The lowest BCUT2D eigenvalue weighted by atomic mass is 10.1. The summed E-state index contributed by atoms with van der Waals surface area (Å²) in [7, 11) is -3.15. The zero-order valence-corrected chi connectivity index (χ0v) is 16.4. The van der Waals surface area contributed by atoms with Crippen molar-refractivity contribution in [1.29, 1.82) is 0 Å². The molecular formula is C19H21FN4O3S. The fraction of sp³-hybridized carbons (Fsp3) is 0.316. The second-order valence-corrected chi connectivity index (χ2v) is 8.97. The van der Waals surface area contributed by atoms with Gasteiger partial charge in [0, 0.05) is 42.8 Å². The van der Waals surface area contributed by atoms with Crippen molar-refractivity contribution >= 4 is 26.6 Å². The molecule has 28 heavy (non-hydrogen) atoms. The number of nitrogens with zero attached hydrogens (tertiary/aromatic N) is 4. The number of phenolic OH excluding ortho intramolecular Hbond substituents is 1. The number of sulfonamides is 1. The van der Waals surface area contributed by atoms with E-state index in [4.69, 9.17) is 0 Å². The van der Waals surface area contributed by atoms with Crippen molar-refractivity contribution in [3.8, 4) is 11.4 Å². The van der Waals surface area contributed by atoms with Gasteiger partial charge in [0.05, 0.1) is 23.7 Å². The van der Waals surface area contributed by atoms with E-state index in [1.165, 1.54) is 16.6 Å². The van der Waals surface area contributed by atoms with E-state index in [0.29, 0.717) is 42.6 Å². The average molecular weight is 404 g/mol. The van der Waals surface area contributed by atoms with Crippen LogP contribution < -0.4 is 4.90 Å². The molecule has 1 N–H and O–H groups in total. The van der Waals surface area contributed by atoms with Crippen molar-refractivity contribution in [2.24, 2.45) is 0 Å². The Labute approximate surface area is 162 Å². The summed E-state index contributed by atoms with van der Waals surface area (Å²) in [5.74, 6) is -1.03. The Morgan fingerprint density at radius 1 is 1.07 bits per heavy atom. The molecular weight excluding hydrogens is 383 g/mol. The third-order valence-corrected chi connectivity index (χ3v) is 6.49. The number of benzene rings is 2. The average Bonchev–Trinajstić information content (AvgIpc) is 3.09. The smallest absolute Gasteiger partial charge is 0.211 e. The van der Waals surface area contributed by atoms with Crippen LogP contribution >= 0.6 is 0 Å². The molecule has 1 aliphatic rings.